The number of rotatable bonds is 8. The van der Waals surface area contributed by atoms with Gasteiger partial charge in [-0.1, -0.05) is 23.7 Å². The minimum Gasteiger partial charge on any atom is -0.494 e. The number of nitrogens with one attached hydrogen (secondary N) is 1. The van der Waals surface area contributed by atoms with Crippen LogP contribution in [0, 0.1) is 6.92 Å². The maximum absolute atomic E-state index is 12.0. The van der Waals surface area contributed by atoms with Crippen LogP contribution in [-0.4, -0.2) is 22.1 Å². The van der Waals surface area contributed by atoms with E-state index in [0.29, 0.717) is 31.0 Å². The van der Waals surface area contributed by atoms with Crippen LogP contribution in [0.15, 0.2) is 60.9 Å². The molecule has 0 saturated carbocycles. The van der Waals surface area contributed by atoms with Gasteiger partial charge in [-0.05, 0) is 55.3 Å². The van der Waals surface area contributed by atoms with Gasteiger partial charge >= 0.3 is 0 Å². The Balaban J connectivity index is 1.37. The summed E-state index contributed by atoms with van der Waals surface area (Å²) in [5, 5.41) is 3.62. The number of carbonyl (C=O) groups is 1. The van der Waals surface area contributed by atoms with E-state index in [1.54, 1.807) is 18.3 Å². The third kappa shape index (κ3) is 5.59. The number of aryl methyl sites for hydroxylation is 1. The molecule has 3 rings (SSSR count). The lowest BCUT2D eigenvalue weighted by Gasteiger charge is -2.09. The van der Waals surface area contributed by atoms with Crippen LogP contribution in [0.25, 0.3) is 5.69 Å². The number of amides is 1. The van der Waals surface area contributed by atoms with Crippen molar-refractivity contribution in [2.24, 2.45) is 0 Å². The highest BCUT2D eigenvalue weighted by Crippen LogP contribution is 2.16. The smallest absolute Gasteiger partial charge is 0.220 e. The summed E-state index contributed by atoms with van der Waals surface area (Å²) in [5.41, 5.74) is 2.11. The van der Waals surface area contributed by atoms with E-state index in [2.05, 4.69) is 10.3 Å². The molecule has 0 radical (unpaired) electrons. The van der Waals surface area contributed by atoms with Crippen molar-refractivity contribution in [3.8, 4) is 11.4 Å². The van der Waals surface area contributed by atoms with Crippen LogP contribution in [0.1, 0.15) is 24.2 Å². The molecule has 140 valence electrons. The highest BCUT2D eigenvalue weighted by molar-refractivity contribution is 6.30. The molecule has 0 saturated heterocycles. The van der Waals surface area contributed by atoms with Crippen LogP contribution < -0.4 is 10.1 Å². The summed E-state index contributed by atoms with van der Waals surface area (Å²) in [5.74, 6) is 1.72. The van der Waals surface area contributed by atoms with Gasteiger partial charge in [0.2, 0.25) is 5.91 Å². The van der Waals surface area contributed by atoms with E-state index < -0.39 is 0 Å². The van der Waals surface area contributed by atoms with Gasteiger partial charge in [-0.3, -0.25) is 4.79 Å². The molecule has 0 fully saturated rings. The van der Waals surface area contributed by atoms with Gasteiger partial charge in [0.05, 0.1) is 6.61 Å². The van der Waals surface area contributed by atoms with Crippen molar-refractivity contribution in [2.45, 2.75) is 26.3 Å². The lowest BCUT2D eigenvalue weighted by molar-refractivity contribution is -0.121. The molecule has 1 heterocycles. The first-order valence-electron chi connectivity index (χ1n) is 8.86. The zero-order chi connectivity index (χ0) is 19.1. The molecule has 0 aliphatic carbocycles. The van der Waals surface area contributed by atoms with Gasteiger partial charge in [-0.15, -0.1) is 0 Å². The number of hydrogen-bond donors (Lipinski definition) is 1. The van der Waals surface area contributed by atoms with E-state index >= 15 is 0 Å². The first-order chi connectivity index (χ1) is 13.1. The standard InChI is InChI=1S/C21H22ClN3O2/c1-16-23-12-13-25(16)19-8-4-17(5-9-19)15-24-21(26)3-2-14-27-20-10-6-18(22)7-11-20/h4-13H,2-3,14-15H2,1H3,(H,24,26). The van der Waals surface area contributed by atoms with E-state index in [0.717, 1.165) is 22.8 Å². The molecule has 0 bridgehead atoms. The number of ether oxygens (including phenoxy) is 1. The number of halogens is 1. The summed E-state index contributed by atoms with van der Waals surface area (Å²) in [6, 6.07) is 15.3. The number of carbonyl (C=O) groups excluding carboxylic acids is 1. The second-order valence-corrected chi connectivity index (χ2v) is 6.63. The fourth-order valence-electron chi connectivity index (χ4n) is 2.67. The Morgan fingerprint density at radius 2 is 1.89 bits per heavy atom. The highest BCUT2D eigenvalue weighted by Gasteiger charge is 2.04. The molecule has 0 aliphatic heterocycles. The number of aromatic nitrogens is 2. The molecule has 0 unspecified atom stereocenters. The summed E-state index contributed by atoms with van der Waals surface area (Å²) in [6.07, 6.45) is 4.80. The van der Waals surface area contributed by atoms with E-state index in [1.807, 2.05) is 54.1 Å². The number of hydrogen-bond acceptors (Lipinski definition) is 3. The monoisotopic (exact) mass is 383 g/mol. The van der Waals surface area contributed by atoms with E-state index in [-0.39, 0.29) is 5.91 Å². The number of benzene rings is 2. The van der Waals surface area contributed by atoms with Crippen molar-refractivity contribution in [1.29, 1.82) is 0 Å². The fraction of sp³-hybridized carbons (Fsp3) is 0.238. The molecule has 0 spiro atoms. The minimum absolute atomic E-state index is 0.0178. The molecule has 0 atom stereocenters. The van der Waals surface area contributed by atoms with Gasteiger partial charge in [-0.25, -0.2) is 4.98 Å². The van der Waals surface area contributed by atoms with E-state index in [9.17, 15) is 4.79 Å². The molecule has 1 amide bonds. The topological polar surface area (TPSA) is 56.2 Å². The predicted molar refractivity (Wildman–Crippen MR) is 106 cm³/mol. The Morgan fingerprint density at radius 3 is 2.56 bits per heavy atom. The van der Waals surface area contributed by atoms with Crippen molar-refractivity contribution < 1.29 is 9.53 Å². The lowest BCUT2D eigenvalue weighted by atomic mass is 10.2. The molecule has 27 heavy (non-hydrogen) atoms. The Morgan fingerprint density at radius 1 is 1.15 bits per heavy atom. The van der Waals surface area contributed by atoms with Crippen molar-refractivity contribution in [3.05, 3.63) is 77.3 Å². The predicted octanol–water partition coefficient (Wildman–Crippen LogP) is 4.31. The SMILES string of the molecule is Cc1nccn1-c1ccc(CNC(=O)CCCOc2ccc(Cl)cc2)cc1. The van der Waals surface area contributed by atoms with E-state index in [4.69, 9.17) is 16.3 Å². The highest BCUT2D eigenvalue weighted by atomic mass is 35.5. The van der Waals surface area contributed by atoms with Gasteiger partial charge in [0.15, 0.2) is 0 Å². The summed E-state index contributed by atoms with van der Waals surface area (Å²) in [7, 11) is 0. The first kappa shape index (κ1) is 19.0. The average Bonchev–Trinajstić information content (AvgIpc) is 3.11. The maximum atomic E-state index is 12.0. The maximum Gasteiger partial charge on any atom is 0.220 e. The summed E-state index contributed by atoms with van der Waals surface area (Å²) in [4.78, 5) is 16.2. The molecule has 1 N–H and O–H groups in total. The molecular weight excluding hydrogens is 362 g/mol. The Bertz CT molecular complexity index is 873. The Hall–Kier alpha value is -2.79. The second-order valence-electron chi connectivity index (χ2n) is 6.19. The molecule has 3 aromatic rings. The molecule has 6 heteroatoms. The quantitative estimate of drug-likeness (QED) is 0.590. The van der Waals surface area contributed by atoms with E-state index in [1.165, 1.54) is 0 Å². The van der Waals surface area contributed by atoms with Gasteiger partial charge in [0.25, 0.3) is 0 Å². The van der Waals surface area contributed by atoms with Crippen LogP contribution in [0.4, 0.5) is 0 Å². The van der Waals surface area contributed by atoms with Crippen LogP contribution in [0.5, 0.6) is 5.75 Å². The Labute approximate surface area is 164 Å². The summed E-state index contributed by atoms with van der Waals surface area (Å²) in [6.45, 7) is 2.97. The molecule has 0 aliphatic rings. The fourth-order valence-corrected chi connectivity index (χ4v) is 2.79. The zero-order valence-electron chi connectivity index (χ0n) is 15.2. The summed E-state index contributed by atoms with van der Waals surface area (Å²) < 4.78 is 7.60. The van der Waals surface area contributed by atoms with Gasteiger partial charge < -0.3 is 14.6 Å². The first-order valence-corrected chi connectivity index (χ1v) is 9.24. The second kappa shape index (κ2) is 9.24. The number of imidazole rings is 1. The zero-order valence-corrected chi connectivity index (χ0v) is 15.9. The van der Waals surface area contributed by atoms with Gasteiger partial charge in [-0.2, -0.15) is 0 Å². The van der Waals surface area contributed by atoms with Crippen molar-refractivity contribution in [2.75, 3.05) is 6.61 Å². The summed E-state index contributed by atoms with van der Waals surface area (Å²) >= 11 is 5.83. The molecule has 2 aromatic carbocycles. The number of nitrogens with zero attached hydrogens (tertiary/aromatic N) is 2. The van der Waals surface area contributed by atoms with Crippen LogP contribution >= 0.6 is 11.6 Å². The van der Waals surface area contributed by atoms with Crippen LogP contribution in [-0.2, 0) is 11.3 Å². The third-order valence-electron chi connectivity index (χ3n) is 4.16. The molecular formula is C21H22ClN3O2. The van der Waals surface area contributed by atoms with Crippen molar-refractivity contribution >= 4 is 17.5 Å². The minimum atomic E-state index is 0.0178. The molecule has 1 aromatic heterocycles. The van der Waals surface area contributed by atoms with Crippen LogP contribution in [0.3, 0.4) is 0 Å². The average molecular weight is 384 g/mol. The van der Waals surface area contributed by atoms with Gasteiger partial charge in [0.1, 0.15) is 11.6 Å². The van der Waals surface area contributed by atoms with Gasteiger partial charge in [0, 0.05) is 36.1 Å². The third-order valence-corrected chi connectivity index (χ3v) is 4.41. The van der Waals surface area contributed by atoms with Crippen LogP contribution in [0.2, 0.25) is 5.02 Å². The van der Waals surface area contributed by atoms with Crippen molar-refractivity contribution in [1.82, 2.24) is 14.9 Å². The molecule has 5 nitrogen and oxygen atoms in total. The largest absolute Gasteiger partial charge is 0.494 e. The Kier molecular flexibility index (Phi) is 6.49. The lowest BCUT2D eigenvalue weighted by Crippen LogP contribution is -2.23. The van der Waals surface area contributed by atoms with Crippen molar-refractivity contribution in [3.63, 3.8) is 0 Å². The normalized spacial score (nSPS) is 10.6.